The highest BCUT2D eigenvalue weighted by atomic mass is 16.5. The number of rotatable bonds is 5. The maximum absolute atomic E-state index is 11.3. The number of aliphatic carboxylic acids is 1. The molecule has 104 valence electrons. The van der Waals surface area contributed by atoms with Gasteiger partial charge in [0.1, 0.15) is 0 Å². The van der Waals surface area contributed by atoms with Crippen molar-refractivity contribution in [2.24, 2.45) is 11.8 Å². The highest BCUT2D eigenvalue weighted by Gasteiger charge is 2.34. The molecule has 1 rings (SSSR count). The quantitative estimate of drug-likeness (QED) is 0.740. The van der Waals surface area contributed by atoms with Crippen molar-refractivity contribution in [1.82, 2.24) is 0 Å². The van der Waals surface area contributed by atoms with Crippen LogP contribution in [0.4, 0.5) is 0 Å². The van der Waals surface area contributed by atoms with Gasteiger partial charge >= 0.3 is 5.97 Å². The first-order valence-electron chi connectivity index (χ1n) is 6.55. The van der Waals surface area contributed by atoms with Crippen LogP contribution in [0.1, 0.15) is 40.5 Å². The van der Waals surface area contributed by atoms with E-state index in [0.29, 0.717) is 5.92 Å². The van der Waals surface area contributed by atoms with E-state index in [-0.39, 0.29) is 5.92 Å². The lowest BCUT2D eigenvalue weighted by Gasteiger charge is -2.32. The summed E-state index contributed by atoms with van der Waals surface area (Å²) in [7, 11) is 0. The Morgan fingerprint density at radius 3 is 2.56 bits per heavy atom. The summed E-state index contributed by atoms with van der Waals surface area (Å²) in [5.41, 5.74) is 1.22. The SMILES string of the molecule is CC1=CC(C)CC(C(OC(C)C(C)O)C(=O)O)C1. The molecule has 0 saturated carbocycles. The van der Waals surface area contributed by atoms with Crippen LogP contribution in [0.2, 0.25) is 0 Å². The first-order valence-corrected chi connectivity index (χ1v) is 6.55. The lowest BCUT2D eigenvalue weighted by atomic mass is 9.80. The second-order valence-corrected chi connectivity index (χ2v) is 5.53. The zero-order chi connectivity index (χ0) is 13.9. The Balaban J connectivity index is 2.74. The summed E-state index contributed by atoms with van der Waals surface area (Å²) in [6, 6.07) is 0. The Kier molecular flexibility index (Phi) is 5.35. The number of carboxylic acid groups (broad SMARTS) is 1. The van der Waals surface area contributed by atoms with Gasteiger partial charge in [-0.05, 0) is 39.5 Å². The average Bonchev–Trinajstić information content (AvgIpc) is 2.23. The molecule has 0 spiro atoms. The maximum atomic E-state index is 11.3. The van der Waals surface area contributed by atoms with Crippen LogP contribution in [-0.4, -0.2) is 34.5 Å². The van der Waals surface area contributed by atoms with Crippen molar-refractivity contribution in [3.05, 3.63) is 11.6 Å². The summed E-state index contributed by atoms with van der Waals surface area (Å²) in [4.78, 5) is 11.3. The topological polar surface area (TPSA) is 66.8 Å². The molecule has 0 bridgehead atoms. The van der Waals surface area contributed by atoms with E-state index in [1.54, 1.807) is 13.8 Å². The van der Waals surface area contributed by atoms with Gasteiger partial charge in [-0.15, -0.1) is 0 Å². The zero-order valence-corrected chi connectivity index (χ0v) is 11.6. The number of carboxylic acids is 1. The van der Waals surface area contributed by atoms with Crippen LogP contribution in [0.25, 0.3) is 0 Å². The fourth-order valence-corrected chi connectivity index (χ4v) is 2.54. The molecule has 0 radical (unpaired) electrons. The molecule has 0 saturated heterocycles. The van der Waals surface area contributed by atoms with Gasteiger partial charge in [0.05, 0.1) is 12.2 Å². The Hall–Kier alpha value is -0.870. The smallest absolute Gasteiger partial charge is 0.333 e. The number of hydrogen-bond acceptors (Lipinski definition) is 3. The molecule has 0 heterocycles. The minimum Gasteiger partial charge on any atom is -0.479 e. The Bertz CT molecular complexity index is 322. The van der Waals surface area contributed by atoms with Crippen molar-refractivity contribution in [1.29, 1.82) is 0 Å². The maximum Gasteiger partial charge on any atom is 0.333 e. The van der Waals surface area contributed by atoms with E-state index in [4.69, 9.17) is 4.74 Å². The van der Waals surface area contributed by atoms with Crippen LogP contribution < -0.4 is 0 Å². The van der Waals surface area contributed by atoms with Gasteiger partial charge in [0.15, 0.2) is 6.10 Å². The number of hydrogen-bond donors (Lipinski definition) is 2. The predicted octanol–water partition coefficient (Wildman–Crippen LogP) is 2.22. The van der Waals surface area contributed by atoms with Gasteiger partial charge in [-0.25, -0.2) is 4.79 Å². The van der Waals surface area contributed by atoms with Crippen molar-refractivity contribution < 1.29 is 19.7 Å². The predicted molar refractivity (Wildman–Crippen MR) is 69.3 cm³/mol. The van der Waals surface area contributed by atoms with Crippen LogP contribution in [0, 0.1) is 11.8 Å². The van der Waals surface area contributed by atoms with Gasteiger partial charge in [-0.2, -0.15) is 0 Å². The monoisotopic (exact) mass is 256 g/mol. The number of aliphatic hydroxyl groups excluding tert-OH is 1. The molecule has 1 aliphatic carbocycles. The van der Waals surface area contributed by atoms with Crippen molar-refractivity contribution >= 4 is 5.97 Å². The fraction of sp³-hybridized carbons (Fsp3) is 0.786. The van der Waals surface area contributed by atoms with Crippen LogP contribution in [0.5, 0.6) is 0 Å². The standard InChI is InChI=1S/C14H24O4/c1-8-5-9(2)7-12(6-8)13(14(16)17)18-11(4)10(3)15/h5,8,10-13,15H,6-7H2,1-4H3,(H,16,17). The summed E-state index contributed by atoms with van der Waals surface area (Å²) in [6.45, 7) is 7.43. The lowest BCUT2D eigenvalue weighted by molar-refractivity contribution is -0.164. The van der Waals surface area contributed by atoms with Gasteiger partial charge in [0.25, 0.3) is 0 Å². The molecule has 4 heteroatoms. The third kappa shape index (κ3) is 4.10. The minimum absolute atomic E-state index is 0.0105. The first kappa shape index (κ1) is 15.2. The van der Waals surface area contributed by atoms with Gasteiger partial charge in [0, 0.05) is 5.92 Å². The first-order chi connectivity index (χ1) is 8.31. The highest BCUT2D eigenvalue weighted by Crippen LogP contribution is 2.32. The molecule has 1 aliphatic rings. The summed E-state index contributed by atoms with van der Waals surface area (Å²) < 4.78 is 5.53. The Labute approximate surface area is 109 Å². The largest absolute Gasteiger partial charge is 0.479 e. The summed E-state index contributed by atoms with van der Waals surface area (Å²) in [5, 5.41) is 18.7. The number of carbonyl (C=O) groups is 1. The van der Waals surface area contributed by atoms with E-state index < -0.39 is 24.3 Å². The van der Waals surface area contributed by atoms with E-state index >= 15 is 0 Å². The van der Waals surface area contributed by atoms with Gasteiger partial charge in [-0.1, -0.05) is 18.6 Å². The fourth-order valence-electron chi connectivity index (χ4n) is 2.54. The Morgan fingerprint density at radius 1 is 1.50 bits per heavy atom. The molecular weight excluding hydrogens is 232 g/mol. The Morgan fingerprint density at radius 2 is 2.11 bits per heavy atom. The van der Waals surface area contributed by atoms with Gasteiger partial charge in [0.2, 0.25) is 0 Å². The number of ether oxygens (including phenoxy) is 1. The van der Waals surface area contributed by atoms with Crippen LogP contribution >= 0.6 is 0 Å². The second kappa shape index (κ2) is 6.34. The average molecular weight is 256 g/mol. The molecule has 5 atom stereocenters. The molecule has 0 amide bonds. The van der Waals surface area contributed by atoms with E-state index in [1.165, 1.54) is 5.57 Å². The summed E-state index contributed by atoms with van der Waals surface area (Å²) in [5.74, 6) is -0.561. The molecule has 5 unspecified atom stereocenters. The van der Waals surface area contributed by atoms with Crippen molar-refractivity contribution in [3.63, 3.8) is 0 Å². The molecule has 0 aromatic carbocycles. The van der Waals surface area contributed by atoms with Gasteiger partial charge < -0.3 is 14.9 Å². The van der Waals surface area contributed by atoms with Crippen LogP contribution in [0.15, 0.2) is 11.6 Å². The zero-order valence-electron chi connectivity index (χ0n) is 11.6. The third-order valence-corrected chi connectivity index (χ3v) is 3.54. The number of aliphatic hydroxyl groups is 1. The molecule has 0 aliphatic heterocycles. The van der Waals surface area contributed by atoms with E-state index in [1.807, 2.05) is 6.92 Å². The van der Waals surface area contributed by atoms with E-state index in [2.05, 4.69) is 13.0 Å². The van der Waals surface area contributed by atoms with E-state index in [0.717, 1.165) is 12.8 Å². The van der Waals surface area contributed by atoms with E-state index in [9.17, 15) is 15.0 Å². The molecule has 2 N–H and O–H groups in total. The highest BCUT2D eigenvalue weighted by molar-refractivity contribution is 5.72. The van der Waals surface area contributed by atoms with Crippen molar-refractivity contribution in [2.45, 2.75) is 58.8 Å². The van der Waals surface area contributed by atoms with Crippen molar-refractivity contribution in [2.75, 3.05) is 0 Å². The molecule has 0 aromatic heterocycles. The lowest BCUT2D eigenvalue weighted by Crippen LogP contribution is -2.39. The van der Waals surface area contributed by atoms with Crippen LogP contribution in [0.3, 0.4) is 0 Å². The molecule has 4 nitrogen and oxygen atoms in total. The molecular formula is C14H24O4. The minimum atomic E-state index is -0.936. The van der Waals surface area contributed by atoms with Crippen LogP contribution in [-0.2, 0) is 9.53 Å². The second-order valence-electron chi connectivity index (χ2n) is 5.53. The molecule has 18 heavy (non-hydrogen) atoms. The molecule has 0 fully saturated rings. The van der Waals surface area contributed by atoms with Crippen molar-refractivity contribution in [3.8, 4) is 0 Å². The van der Waals surface area contributed by atoms with Gasteiger partial charge in [-0.3, -0.25) is 0 Å². The third-order valence-electron chi connectivity index (χ3n) is 3.54. The summed E-state index contributed by atoms with van der Waals surface area (Å²) >= 11 is 0. The molecule has 0 aromatic rings. The normalized spacial score (nSPS) is 29.3. The number of allylic oxidation sites excluding steroid dienone is 2. The summed E-state index contributed by atoms with van der Waals surface area (Å²) in [6.07, 6.45) is 1.81.